The summed E-state index contributed by atoms with van der Waals surface area (Å²) in [5.41, 5.74) is 3.20. The molecule has 0 radical (unpaired) electrons. The lowest BCUT2D eigenvalue weighted by molar-refractivity contribution is 0.187. The fraction of sp³-hybridized carbons (Fsp3) is 0.417. The molecule has 0 aromatic carbocycles. The Morgan fingerprint density at radius 3 is 3.13 bits per heavy atom. The Balaban J connectivity index is 2.05. The van der Waals surface area contributed by atoms with E-state index < -0.39 is 0 Å². The van der Waals surface area contributed by atoms with Gasteiger partial charge in [-0.2, -0.15) is 0 Å². The normalized spacial score (nSPS) is 33.5. The number of allylic oxidation sites excluding steroid dienone is 5. The van der Waals surface area contributed by atoms with Crippen molar-refractivity contribution in [1.82, 2.24) is 0 Å². The standard InChI is InChI=1S/C12H12ClNO/c13-7-4-5-10-9(6-7)8-2-1-3-11(15)12(8)14-10/h4-6,9,11,15H,1-3H2/t9-,11-/m0/s1. The lowest BCUT2D eigenvalue weighted by Crippen LogP contribution is -2.17. The summed E-state index contributed by atoms with van der Waals surface area (Å²) < 4.78 is 0. The average Bonchev–Trinajstić information content (AvgIpc) is 2.58. The number of hydrogen-bond donors (Lipinski definition) is 1. The lowest BCUT2D eigenvalue weighted by atomic mass is 9.84. The minimum atomic E-state index is -0.368. The molecule has 0 fully saturated rings. The maximum atomic E-state index is 9.85. The number of nitrogens with zero attached hydrogens (tertiary/aromatic N) is 1. The van der Waals surface area contributed by atoms with Crippen molar-refractivity contribution >= 4 is 17.3 Å². The predicted octanol–water partition coefficient (Wildman–Crippen LogP) is 2.55. The van der Waals surface area contributed by atoms with E-state index in [0.29, 0.717) is 0 Å². The van der Waals surface area contributed by atoms with Gasteiger partial charge in [-0.1, -0.05) is 17.7 Å². The second kappa shape index (κ2) is 3.32. The van der Waals surface area contributed by atoms with Gasteiger partial charge in [-0.25, -0.2) is 0 Å². The summed E-state index contributed by atoms with van der Waals surface area (Å²) in [6.45, 7) is 0. The van der Waals surface area contributed by atoms with Crippen LogP contribution in [0, 0.1) is 5.92 Å². The van der Waals surface area contributed by atoms with E-state index in [1.807, 2.05) is 18.2 Å². The minimum Gasteiger partial charge on any atom is -0.387 e. The van der Waals surface area contributed by atoms with Crippen LogP contribution in [0.1, 0.15) is 19.3 Å². The Bertz CT molecular complexity index is 431. The Kier molecular flexibility index (Phi) is 2.08. The molecule has 0 aromatic heterocycles. The molecule has 3 aliphatic rings. The Hall–Kier alpha value is -0.860. The molecule has 78 valence electrons. The van der Waals surface area contributed by atoms with Crippen molar-refractivity contribution in [2.45, 2.75) is 25.4 Å². The van der Waals surface area contributed by atoms with E-state index in [1.54, 1.807) is 0 Å². The highest BCUT2D eigenvalue weighted by Crippen LogP contribution is 2.39. The first-order valence-electron chi connectivity index (χ1n) is 5.30. The van der Waals surface area contributed by atoms with Crippen molar-refractivity contribution in [3.63, 3.8) is 0 Å². The van der Waals surface area contributed by atoms with Gasteiger partial charge in [0.25, 0.3) is 0 Å². The van der Waals surface area contributed by atoms with Gasteiger partial charge < -0.3 is 5.11 Å². The number of fused-ring (bicyclic) bond motifs is 2. The third-order valence-corrected chi connectivity index (χ3v) is 3.50. The van der Waals surface area contributed by atoms with Gasteiger partial charge in [-0.3, -0.25) is 4.99 Å². The molecule has 0 saturated carbocycles. The summed E-state index contributed by atoms with van der Waals surface area (Å²) in [6, 6.07) is 0. The summed E-state index contributed by atoms with van der Waals surface area (Å²) >= 11 is 5.99. The Labute approximate surface area is 93.7 Å². The molecule has 15 heavy (non-hydrogen) atoms. The zero-order chi connectivity index (χ0) is 10.4. The van der Waals surface area contributed by atoms with Gasteiger partial charge in [-0.05, 0) is 37.0 Å². The Morgan fingerprint density at radius 1 is 1.40 bits per heavy atom. The zero-order valence-corrected chi connectivity index (χ0v) is 9.04. The van der Waals surface area contributed by atoms with Crippen LogP contribution in [0.2, 0.25) is 0 Å². The van der Waals surface area contributed by atoms with Gasteiger partial charge in [0.2, 0.25) is 0 Å². The van der Waals surface area contributed by atoms with Crippen molar-refractivity contribution in [3.05, 3.63) is 34.5 Å². The molecule has 2 aliphatic carbocycles. The molecule has 0 unspecified atom stereocenters. The van der Waals surface area contributed by atoms with Crippen molar-refractivity contribution in [2.24, 2.45) is 10.9 Å². The van der Waals surface area contributed by atoms with Crippen LogP contribution >= 0.6 is 11.6 Å². The van der Waals surface area contributed by atoms with Crippen LogP contribution in [0.15, 0.2) is 39.5 Å². The maximum absolute atomic E-state index is 9.85. The van der Waals surface area contributed by atoms with Crippen LogP contribution < -0.4 is 0 Å². The number of aliphatic hydroxyl groups excluding tert-OH is 1. The first-order valence-corrected chi connectivity index (χ1v) is 5.68. The highest BCUT2D eigenvalue weighted by atomic mass is 35.5. The highest BCUT2D eigenvalue weighted by molar-refractivity contribution is 6.32. The molecule has 1 N–H and O–H groups in total. The lowest BCUT2D eigenvalue weighted by Gasteiger charge is -2.21. The third kappa shape index (κ3) is 1.40. The molecular weight excluding hydrogens is 210 g/mol. The third-order valence-electron chi connectivity index (χ3n) is 3.25. The van der Waals surface area contributed by atoms with Crippen molar-refractivity contribution in [1.29, 1.82) is 0 Å². The summed E-state index contributed by atoms with van der Waals surface area (Å²) in [5.74, 6) is 0.229. The molecule has 3 rings (SSSR count). The van der Waals surface area contributed by atoms with Crippen LogP contribution in [0.25, 0.3) is 0 Å². The molecule has 1 aliphatic heterocycles. The summed E-state index contributed by atoms with van der Waals surface area (Å²) in [7, 11) is 0. The van der Waals surface area contributed by atoms with Crippen LogP contribution in [0.4, 0.5) is 0 Å². The molecule has 0 amide bonds. The van der Waals surface area contributed by atoms with Crippen LogP contribution in [0.3, 0.4) is 0 Å². The monoisotopic (exact) mass is 221 g/mol. The quantitative estimate of drug-likeness (QED) is 0.670. The van der Waals surface area contributed by atoms with E-state index >= 15 is 0 Å². The molecule has 0 saturated heterocycles. The van der Waals surface area contributed by atoms with Crippen molar-refractivity contribution in [2.75, 3.05) is 0 Å². The number of hydrogen-bond acceptors (Lipinski definition) is 2. The van der Waals surface area contributed by atoms with E-state index in [-0.39, 0.29) is 12.0 Å². The van der Waals surface area contributed by atoms with E-state index in [9.17, 15) is 5.11 Å². The number of halogens is 1. The van der Waals surface area contributed by atoms with Gasteiger partial charge in [0.05, 0.1) is 17.5 Å². The average molecular weight is 222 g/mol. The number of aliphatic hydroxyl groups is 1. The van der Waals surface area contributed by atoms with E-state index in [4.69, 9.17) is 11.6 Å². The van der Waals surface area contributed by atoms with Crippen LogP contribution in [-0.4, -0.2) is 16.9 Å². The first kappa shape index (κ1) is 9.37. The number of aliphatic imine (C=N–C) groups is 1. The fourth-order valence-electron chi connectivity index (χ4n) is 2.52. The molecule has 0 aromatic rings. The zero-order valence-electron chi connectivity index (χ0n) is 8.28. The maximum Gasteiger partial charge on any atom is 0.0959 e. The molecule has 0 bridgehead atoms. The van der Waals surface area contributed by atoms with E-state index in [2.05, 4.69) is 4.99 Å². The van der Waals surface area contributed by atoms with Crippen molar-refractivity contribution < 1.29 is 5.11 Å². The summed E-state index contributed by atoms with van der Waals surface area (Å²) in [6.07, 6.45) is 8.41. The fourth-order valence-corrected chi connectivity index (χ4v) is 2.71. The summed E-state index contributed by atoms with van der Waals surface area (Å²) in [5, 5.41) is 10.6. The molecule has 2 atom stereocenters. The molecule has 3 heteroatoms. The van der Waals surface area contributed by atoms with E-state index in [0.717, 1.165) is 35.7 Å². The highest BCUT2D eigenvalue weighted by Gasteiger charge is 2.33. The van der Waals surface area contributed by atoms with Gasteiger partial charge in [0.1, 0.15) is 0 Å². The minimum absolute atomic E-state index is 0.229. The summed E-state index contributed by atoms with van der Waals surface area (Å²) in [4.78, 5) is 4.50. The van der Waals surface area contributed by atoms with Gasteiger partial charge in [0, 0.05) is 11.0 Å². The largest absolute Gasteiger partial charge is 0.387 e. The van der Waals surface area contributed by atoms with Gasteiger partial charge >= 0.3 is 0 Å². The second-order valence-corrected chi connectivity index (χ2v) is 4.65. The van der Waals surface area contributed by atoms with Crippen LogP contribution in [-0.2, 0) is 0 Å². The first-order chi connectivity index (χ1) is 7.25. The predicted molar refractivity (Wildman–Crippen MR) is 60.9 cm³/mol. The molecule has 0 spiro atoms. The molecule has 1 heterocycles. The topological polar surface area (TPSA) is 32.6 Å². The van der Waals surface area contributed by atoms with E-state index in [1.165, 1.54) is 5.57 Å². The molecular formula is C12H12ClNO. The van der Waals surface area contributed by atoms with Crippen molar-refractivity contribution in [3.8, 4) is 0 Å². The smallest absolute Gasteiger partial charge is 0.0959 e. The Morgan fingerprint density at radius 2 is 2.27 bits per heavy atom. The van der Waals surface area contributed by atoms with Gasteiger partial charge in [-0.15, -0.1) is 0 Å². The molecule has 2 nitrogen and oxygen atoms in total. The van der Waals surface area contributed by atoms with Crippen LogP contribution in [0.5, 0.6) is 0 Å². The number of rotatable bonds is 0. The SMILES string of the molecule is O[C@H]1CCCC2=C1N=C1C=CC(Cl)=C[C@H]12. The van der Waals surface area contributed by atoms with Gasteiger partial charge in [0.15, 0.2) is 0 Å². The second-order valence-electron chi connectivity index (χ2n) is 4.22.